The molecule has 0 aliphatic heterocycles. The topological polar surface area (TPSA) is 51.1 Å². The van der Waals surface area contributed by atoms with Crippen molar-refractivity contribution in [1.29, 1.82) is 0 Å². The van der Waals surface area contributed by atoms with Crippen molar-refractivity contribution in [3.05, 3.63) is 70.5 Å². The molecule has 0 bridgehead atoms. The van der Waals surface area contributed by atoms with Gasteiger partial charge in [-0.1, -0.05) is 18.2 Å². The van der Waals surface area contributed by atoms with E-state index in [2.05, 4.69) is 5.32 Å². The van der Waals surface area contributed by atoms with Gasteiger partial charge in [-0.05, 0) is 18.2 Å². The van der Waals surface area contributed by atoms with E-state index in [0.717, 1.165) is 17.0 Å². The second kappa shape index (κ2) is 7.06. The number of fused-ring (bicyclic) bond motifs is 1. The number of benzene rings is 2. The molecule has 25 heavy (non-hydrogen) atoms. The van der Waals surface area contributed by atoms with Crippen molar-refractivity contribution in [2.24, 2.45) is 7.05 Å². The van der Waals surface area contributed by atoms with Gasteiger partial charge in [0.15, 0.2) is 0 Å². The van der Waals surface area contributed by atoms with Crippen LogP contribution in [-0.4, -0.2) is 16.2 Å². The van der Waals surface area contributed by atoms with Crippen LogP contribution < -0.4 is 10.9 Å². The number of amides is 1. The Morgan fingerprint density at radius 2 is 1.92 bits per heavy atom. The third-order valence-corrected chi connectivity index (χ3v) is 4.74. The number of aromatic nitrogens is 1. The molecule has 0 spiro atoms. The maximum atomic E-state index is 13.6. The van der Waals surface area contributed by atoms with Gasteiger partial charge >= 0.3 is 0 Å². The number of carbonyl (C=O) groups is 1. The molecule has 3 aromatic rings. The summed E-state index contributed by atoms with van der Waals surface area (Å²) in [7, 11) is 1.68. The van der Waals surface area contributed by atoms with Crippen molar-refractivity contribution in [3.63, 3.8) is 0 Å². The quantitative estimate of drug-likeness (QED) is 0.724. The van der Waals surface area contributed by atoms with Crippen LogP contribution in [0.2, 0.25) is 0 Å². The average Bonchev–Trinajstić information content (AvgIpc) is 2.59. The van der Waals surface area contributed by atoms with E-state index in [0.29, 0.717) is 11.0 Å². The number of carbonyl (C=O) groups excluding carboxylic acids is 1. The van der Waals surface area contributed by atoms with Crippen molar-refractivity contribution >= 4 is 34.3 Å². The number of thioether (sulfide) groups is 1. The number of para-hydroxylation sites is 1. The third-order valence-electron chi connectivity index (χ3n) is 3.68. The summed E-state index contributed by atoms with van der Waals surface area (Å²) in [6.07, 6.45) is 0. The molecule has 0 aliphatic rings. The van der Waals surface area contributed by atoms with Crippen molar-refractivity contribution in [2.45, 2.75) is 4.90 Å². The molecule has 0 atom stereocenters. The predicted molar refractivity (Wildman–Crippen MR) is 94.9 cm³/mol. The number of nitrogens with zero attached hydrogens (tertiary/aromatic N) is 1. The van der Waals surface area contributed by atoms with E-state index in [9.17, 15) is 18.4 Å². The highest BCUT2D eigenvalue weighted by molar-refractivity contribution is 8.00. The number of hydrogen-bond donors (Lipinski definition) is 1. The zero-order valence-electron chi connectivity index (χ0n) is 13.3. The smallest absolute Gasteiger partial charge is 0.251 e. The fourth-order valence-corrected chi connectivity index (χ4v) is 3.29. The normalized spacial score (nSPS) is 10.8. The molecule has 0 radical (unpaired) electrons. The van der Waals surface area contributed by atoms with Crippen LogP contribution in [0.5, 0.6) is 0 Å². The zero-order chi connectivity index (χ0) is 18.0. The van der Waals surface area contributed by atoms with E-state index in [-0.39, 0.29) is 17.0 Å². The molecular formula is C18H14F2N2O2S. The lowest BCUT2D eigenvalue weighted by Gasteiger charge is -2.10. The number of nitrogens with one attached hydrogen (secondary N) is 1. The SMILES string of the molecule is Cn1c(=O)cc(SCC(=O)Nc2ccc(F)cc2F)c2ccccc21. The summed E-state index contributed by atoms with van der Waals surface area (Å²) in [5.41, 5.74) is 0.509. The molecule has 1 amide bonds. The van der Waals surface area contributed by atoms with Gasteiger partial charge in [0.05, 0.1) is 17.0 Å². The molecule has 0 unspecified atom stereocenters. The van der Waals surface area contributed by atoms with E-state index < -0.39 is 17.5 Å². The van der Waals surface area contributed by atoms with Crippen LogP contribution in [0.1, 0.15) is 0 Å². The van der Waals surface area contributed by atoms with Crippen molar-refractivity contribution in [3.8, 4) is 0 Å². The highest BCUT2D eigenvalue weighted by atomic mass is 32.2. The first kappa shape index (κ1) is 17.2. The number of hydrogen-bond acceptors (Lipinski definition) is 3. The zero-order valence-corrected chi connectivity index (χ0v) is 14.1. The molecule has 128 valence electrons. The van der Waals surface area contributed by atoms with E-state index in [1.165, 1.54) is 28.5 Å². The van der Waals surface area contributed by atoms with E-state index in [1.54, 1.807) is 7.05 Å². The Labute approximate surface area is 146 Å². The number of halogens is 2. The minimum absolute atomic E-state index is 0.00597. The molecule has 7 heteroatoms. The van der Waals surface area contributed by atoms with Crippen LogP contribution in [0.4, 0.5) is 14.5 Å². The number of aryl methyl sites for hydroxylation is 1. The monoisotopic (exact) mass is 360 g/mol. The van der Waals surface area contributed by atoms with Gasteiger partial charge in [-0.2, -0.15) is 0 Å². The summed E-state index contributed by atoms with van der Waals surface area (Å²) in [6, 6.07) is 11.8. The Morgan fingerprint density at radius 3 is 2.68 bits per heavy atom. The van der Waals surface area contributed by atoms with Crippen LogP contribution in [0.15, 0.2) is 58.2 Å². The van der Waals surface area contributed by atoms with Gasteiger partial charge in [0.1, 0.15) is 11.6 Å². The molecule has 3 rings (SSSR count). The van der Waals surface area contributed by atoms with Crippen molar-refractivity contribution < 1.29 is 13.6 Å². The van der Waals surface area contributed by atoms with Crippen molar-refractivity contribution in [2.75, 3.05) is 11.1 Å². The summed E-state index contributed by atoms with van der Waals surface area (Å²) in [4.78, 5) is 24.7. The highest BCUT2D eigenvalue weighted by Gasteiger charge is 2.11. The molecule has 1 N–H and O–H groups in total. The lowest BCUT2D eigenvalue weighted by atomic mass is 10.2. The molecule has 1 heterocycles. The second-order valence-electron chi connectivity index (χ2n) is 5.38. The predicted octanol–water partition coefficient (Wildman–Crippen LogP) is 3.55. The van der Waals surface area contributed by atoms with Crippen molar-refractivity contribution in [1.82, 2.24) is 4.57 Å². The summed E-state index contributed by atoms with van der Waals surface area (Å²) in [5, 5.41) is 3.25. The van der Waals surface area contributed by atoms with Gasteiger partial charge in [-0.25, -0.2) is 8.78 Å². The molecule has 1 aromatic heterocycles. The van der Waals surface area contributed by atoms with Gasteiger partial charge in [-0.3, -0.25) is 9.59 Å². The Kier molecular flexibility index (Phi) is 4.85. The first-order valence-corrected chi connectivity index (χ1v) is 8.41. The first-order valence-electron chi connectivity index (χ1n) is 7.42. The summed E-state index contributed by atoms with van der Waals surface area (Å²) in [6.45, 7) is 0. The largest absolute Gasteiger partial charge is 0.323 e. The Hall–Kier alpha value is -2.67. The Bertz CT molecular complexity index is 1020. The minimum Gasteiger partial charge on any atom is -0.323 e. The summed E-state index contributed by atoms with van der Waals surface area (Å²) < 4.78 is 28.0. The van der Waals surface area contributed by atoms with Crippen LogP contribution in [0.3, 0.4) is 0 Å². The van der Waals surface area contributed by atoms with E-state index in [4.69, 9.17) is 0 Å². The van der Waals surface area contributed by atoms with Gasteiger partial charge in [0.2, 0.25) is 5.91 Å². The number of pyridine rings is 1. The molecule has 0 fully saturated rings. The van der Waals surface area contributed by atoms with Crippen LogP contribution in [-0.2, 0) is 11.8 Å². The van der Waals surface area contributed by atoms with Crippen LogP contribution >= 0.6 is 11.8 Å². The maximum Gasteiger partial charge on any atom is 0.251 e. The van der Waals surface area contributed by atoms with E-state index >= 15 is 0 Å². The summed E-state index contributed by atoms with van der Waals surface area (Å²) in [5.74, 6) is -2.00. The first-order chi connectivity index (χ1) is 12.0. The third kappa shape index (κ3) is 3.71. The second-order valence-corrected chi connectivity index (χ2v) is 6.40. The lowest BCUT2D eigenvalue weighted by molar-refractivity contribution is -0.113. The standard InChI is InChI=1S/C18H14F2N2O2S/c1-22-15-5-3-2-4-12(15)16(9-18(22)24)25-10-17(23)21-14-7-6-11(19)8-13(14)20/h2-9H,10H2,1H3,(H,21,23). The molecule has 4 nitrogen and oxygen atoms in total. The van der Waals surface area contributed by atoms with Gasteiger partial charge in [0, 0.05) is 29.5 Å². The Balaban J connectivity index is 1.77. The minimum atomic E-state index is -0.836. The highest BCUT2D eigenvalue weighted by Crippen LogP contribution is 2.26. The van der Waals surface area contributed by atoms with Crippen LogP contribution in [0, 0.1) is 11.6 Å². The molecule has 2 aromatic carbocycles. The van der Waals surface area contributed by atoms with Gasteiger partial charge in [-0.15, -0.1) is 11.8 Å². The van der Waals surface area contributed by atoms with Gasteiger partial charge in [0.25, 0.3) is 5.56 Å². The maximum absolute atomic E-state index is 13.6. The average molecular weight is 360 g/mol. The van der Waals surface area contributed by atoms with E-state index in [1.807, 2.05) is 24.3 Å². The molecule has 0 saturated heterocycles. The lowest BCUT2D eigenvalue weighted by Crippen LogP contribution is -2.17. The number of rotatable bonds is 4. The fraction of sp³-hybridized carbons (Fsp3) is 0.111. The molecule has 0 saturated carbocycles. The van der Waals surface area contributed by atoms with Crippen LogP contribution in [0.25, 0.3) is 10.9 Å². The fourth-order valence-electron chi connectivity index (χ4n) is 2.42. The molecular weight excluding hydrogens is 346 g/mol. The summed E-state index contributed by atoms with van der Waals surface area (Å²) >= 11 is 1.19. The molecule has 0 aliphatic carbocycles. The Morgan fingerprint density at radius 1 is 1.16 bits per heavy atom. The van der Waals surface area contributed by atoms with Gasteiger partial charge < -0.3 is 9.88 Å². The number of anilines is 1.